The van der Waals surface area contributed by atoms with E-state index in [0.717, 1.165) is 0 Å². The van der Waals surface area contributed by atoms with E-state index < -0.39 is 17.8 Å². The standard InChI is InChI=1S/C15H12N2O4/c18-13(10-6-2-1-3-7-10)16-17-14(19)11-8-4-5-9-12(11)15(20)21/h1-9H,(H,16,18)(H,17,19)(H,20,21). The van der Waals surface area contributed by atoms with Crippen molar-refractivity contribution in [2.45, 2.75) is 0 Å². The minimum Gasteiger partial charge on any atom is -0.478 e. The molecule has 6 nitrogen and oxygen atoms in total. The maximum Gasteiger partial charge on any atom is 0.336 e. The Morgan fingerprint density at radius 2 is 1.24 bits per heavy atom. The fourth-order valence-corrected chi connectivity index (χ4v) is 1.71. The van der Waals surface area contributed by atoms with Gasteiger partial charge in [-0.25, -0.2) is 4.79 Å². The number of amides is 2. The molecule has 0 aliphatic carbocycles. The Kier molecular flexibility index (Phi) is 4.30. The van der Waals surface area contributed by atoms with Gasteiger partial charge in [-0.3, -0.25) is 20.4 Å². The van der Waals surface area contributed by atoms with Crippen LogP contribution in [0.4, 0.5) is 0 Å². The van der Waals surface area contributed by atoms with Gasteiger partial charge < -0.3 is 5.11 Å². The first-order valence-corrected chi connectivity index (χ1v) is 6.07. The molecule has 0 aliphatic rings. The maximum absolute atomic E-state index is 11.9. The average molecular weight is 284 g/mol. The number of hydrogen-bond donors (Lipinski definition) is 3. The molecule has 2 amide bonds. The predicted molar refractivity (Wildman–Crippen MR) is 74.8 cm³/mol. The number of carboxylic acids is 1. The molecule has 0 bridgehead atoms. The van der Waals surface area contributed by atoms with Gasteiger partial charge >= 0.3 is 5.97 Å². The molecule has 2 aromatic carbocycles. The van der Waals surface area contributed by atoms with Crippen LogP contribution in [0.1, 0.15) is 31.1 Å². The summed E-state index contributed by atoms with van der Waals surface area (Å²) in [6.45, 7) is 0. The van der Waals surface area contributed by atoms with E-state index in [4.69, 9.17) is 5.11 Å². The molecule has 0 aromatic heterocycles. The number of carbonyl (C=O) groups excluding carboxylic acids is 2. The first-order valence-electron chi connectivity index (χ1n) is 6.07. The summed E-state index contributed by atoms with van der Waals surface area (Å²) in [5.74, 6) is -2.40. The van der Waals surface area contributed by atoms with Crippen LogP contribution in [0.2, 0.25) is 0 Å². The molecule has 0 atom stereocenters. The van der Waals surface area contributed by atoms with Crippen molar-refractivity contribution >= 4 is 17.8 Å². The summed E-state index contributed by atoms with van der Waals surface area (Å²) < 4.78 is 0. The Bertz CT molecular complexity index is 683. The molecule has 2 aromatic rings. The number of rotatable bonds is 3. The summed E-state index contributed by atoms with van der Waals surface area (Å²) in [5, 5.41) is 9.00. The zero-order chi connectivity index (χ0) is 15.2. The van der Waals surface area contributed by atoms with Crippen LogP contribution in [0.25, 0.3) is 0 Å². The topological polar surface area (TPSA) is 95.5 Å². The van der Waals surface area contributed by atoms with Crippen LogP contribution in [0, 0.1) is 0 Å². The van der Waals surface area contributed by atoms with Crippen LogP contribution in [0.15, 0.2) is 54.6 Å². The molecule has 0 saturated heterocycles. The molecule has 6 heteroatoms. The summed E-state index contributed by atoms with van der Waals surface area (Å²) in [5.41, 5.74) is 4.64. The molecule has 0 heterocycles. The van der Waals surface area contributed by atoms with Crippen molar-refractivity contribution in [2.24, 2.45) is 0 Å². The summed E-state index contributed by atoms with van der Waals surface area (Å²) in [6, 6.07) is 14.1. The number of hydrazine groups is 1. The third-order valence-corrected chi connectivity index (χ3v) is 2.73. The van der Waals surface area contributed by atoms with Crippen molar-refractivity contribution < 1.29 is 19.5 Å². The van der Waals surface area contributed by atoms with Crippen molar-refractivity contribution in [3.8, 4) is 0 Å². The fourth-order valence-electron chi connectivity index (χ4n) is 1.71. The second kappa shape index (κ2) is 6.33. The second-order valence-corrected chi connectivity index (χ2v) is 4.13. The zero-order valence-electron chi connectivity index (χ0n) is 10.9. The molecule has 2 rings (SSSR count). The lowest BCUT2D eigenvalue weighted by Crippen LogP contribution is -2.42. The molecule has 3 N–H and O–H groups in total. The molecule has 0 spiro atoms. The number of aromatic carboxylic acids is 1. The lowest BCUT2D eigenvalue weighted by Gasteiger charge is -2.09. The largest absolute Gasteiger partial charge is 0.478 e. The first kappa shape index (κ1) is 14.3. The number of hydrogen-bond acceptors (Lipinski definition) is 3. The fraction of sp³-hybridized carbons (Fsp3) is 0. The predicted octanol–water partition coefficient (Wildman–Crippen LogP) is 1.46. The molecule has 21 heavy (non-hydrogen) atoms. The number of carboxylic acid groups (broad SMARTS) is 1. The molecule has 0 radical (unpaired) electrons. The van der Waals surface area contributed by atoms with Gasteiger partial charge in [0.25, 0.3) is 11.8 Å². The van der Waals surface area contributed by atoms with Gasteiger partial charge in [-0.1, -0.05) is 30.3 Å². The molecular formula is C15H12N2O4. The van der Waals surface area contributed by atoms with Crippen molar-refractivity contribution in [3.63, 3.8) is 0 Å². The van der Waals surface area contributed by atoms with Crippen molar-refractivity contribution in [3.05, 3.63) is 71.3 Å². The van der Waals surface area contributed by atoms with E-state index in [0.29, 0.717) is 5.56 Å². The Balaban J connectivity index is 2.06. The van der Waals surface area contributed by atoms with Crippen molar-refractivity contribution in [2.75, 3.05) is 0 Å². The van der Waals surface area contributed by atoms with E-state index in [1.54, 1.807) is 36.4 Å². The highest BCUT2D eigenvalue weighted by molar-refractivity contribution is 6.05. The van der Waals surface area contributed by atoms with Gasteiger partial charge in [0.2, 0.25) is 0 Å². The highest BCUT2D eigenvalue weighted by Gasteiger charge is 2.16. The van der Waals surface area contributed by atoms with E-state index in [9.17, 15) is 14.4 Å². The van der Waals surface area contributed by atoms with Crippen LogP contribution >= 0.6 is 0 Å². The van der Waals surface area contributed by atoms with E-state index in [2.05, 4.69) is 10.9 Å². The van der Waals surface area contributed by atoms with Gasteiger partial charge in [0.15, 0.2) is 0 Å². The number of benzene rings is 2. The summed E-state index contributed by atoms with van der Waals surface area (Å²) in [4.78, 5) is 34.7. The van der Waals surface area contributed by atoms with E-state index in [1.807, 2.05) is 0 Å². The van der Waals surface area contributed by atoms with Gasteiger partial charge in [-0.05, 0) is 24.3 Å². The van der Waals surface area contributed by atoms with Gasteiger partial charge in [0.1, 0.15) is 0 Å². The quantitative estimate of drug-likeness (QED) is 0.743. The van der Waals surface area contributed by atoms with Crippen LogP contribution in [-0.4, -0.2) is 22.9 Å². The number of carbonyl (C=O) groups is 3. The van der Waals surface area contributed by atoms with Gasteiger partial charge in [-0.15, -0.1) is 0 Å². The Morgan fingerprint density at radius 3 is 1.86 bits per heavy atom. The van der Waals surface area contributed by atoms with Crippen LogP contribution < -0.4 is 10.9 Å². The molecular weight excluding hydrogens is 272 g/mol. The first-order chi connectivity index (χ1) is 10.1. The molecule has 0 aliphatic heterocycles. The average Bonchev–Trinajstić information content (AvgIpc) is 2.53. The zero-order valence-corrected chi connectivity index (χ0v) is 10.9. The highest BCUT2D eigenvalue weighted by Crippen LogP contribution is 2.08. The van der Waals surface area contributed by atoms with Gasteiger partial charge in [0, 0.05) is 5.56 Å². The Hall–Kier alpha value is -3.15. The highest BCUT2D eigenvalue weighted by atomic mass is 16.4. The van der Waals surface area contributed by atoms with E-state index in [1.165, 1.54) is 18.2 Å². The Morgan fingerprint density at radius 1 is 0.714 bits per heavy atom. The van der Waals surface area contributed by atoms with E-state index >= 15 is 0 Å². The van der Waals surface area contributed by atoms with E-state index in [-0.39, 0.29) is 11.1 Å². The monoisotopic (exact) mass is 284 g/mol. The minimum absolute atomic E-state index is 0.0293. The number of nitrogens with one attached hydrogen (secondary N) is 2. The smallest absolute Gasteiger partial charge is 0.336 e. The lowest BCUT2D eigenvalue weighted by molar-refractivity contribution is 0.0690. The van der Waals surface area contributed by atoms with Crippen LogP contribution in [0.3, 0.4) is 0 Å². The van der Waals surface area contributed by atoms with Gasteiger partial charge in [0.05, 0.1) is 11.1 Å². The molecule has 0 fully saturated rings. The molecule has 0 saturated carbocycles. The lowest BCUT2D eigenvalue weighted by atomic mass is 10.1. The Labute approximate surface area is 120 Å². The second-order valence-electron chi connectivity index (χ2n) is 4.13. The maximum atomic E-state index is 11.9. The third kappa shape index (κ3) is 3.44. The van der Waals surface area contributed by atoms with Crippen molar-refractivity contribution in [1.82, 2.24) is 10.9 Å². The SMILES string of the molecule is O=C(NNC(=O)c1ccccc1C(=O)O)c1ccccc1. The van der Waals surface area contributed by atoms with Gasteiger partial charge in [-0.2, -0.15) is 0 Å². The van der Waals surface area contributed by atoms with Crippen LogP contribution in [0.5, 0.6) is 0 Å². The molecule has 0 unspecified atom stereocenters. The van der Waals surface area contributed by atoms with Crippen molar-refractivity contribution in [1.29, 1.82) is 0 Å². The summed E-state index contributed by atoms with van der Waals surface area (Å²) in [6.07, 6.45) is 0. The third-order valence-electron chi connectivity index (χ3n) is 2.73. The van der Waals surface area contributed by atoms with Crippen LogP contribution in [-0.2, 0) is 0 Å². The summed E-state index contributed by atoms with van der Waals surface area (Å²) in [7, 11) is 0. The molecule has 106 valence electrons. The minimum atomic E-state index is -1.21. The summed E-state index contributed by atoms with van der Waals surface area (Å²) >= 11 is 0. The normalized spacial score (nSPS) is 9.71.